The van der Waals surface area contributed by atoms with Gasteiger partial charge in [-0.05, 0) is 82.7 Å². The van der Waals surface area contributed by atoms with E-state index in [4.69, 9.17) is 4.74 Å². The molecule has 0 aliphatic rings. The maximum atomic E-state index is 12.4. The zero-order valence-corrected chi connectivity index (χ0v) is 21.2. The lowest BCUT2D eigenvalue weighted by Gasteiger charge is -2.33. The number of unbranched alkanes of at least 4 members (excludes halogenated alkanes) is 1. The molecule has 0 spiro atoms. The van der Waals surface area contributed by atoms with Crippen LogP contribution in [-0.4, -0.2) is 40.6 Å². The summed E-state index contributed by atoms with van der Waals surface area (Å²) >= 11 is 0. The number of hydrogen-bond acceptors (Lipinski definition) is 4. The number of carboxylic acids is 1. The average Bonchev–Trinajstić information content (AvgIpc) is 2.70. The molecule has 0 amide bonds. The van der Waals surface area contributed by atoms with Gasteiger partial charge in [0.25, 0.3) is 0 Å². The van der Waals surface area contributed by atoms with Crippen molar-refractivity contribution in [1.82, 2.24) is 4.90 Å². The van der Waals surface area contributed by atoms with E-state index in [0.717, 1.165) is 31.4 Å². The van der Waals surface area contributed by atoms with Crippen molar-refractivity contribution in [1.29, 1.82) is 0 Å². The Morgan fingerprint density at radius 1 is 1.06 bits per heavy atom. The summed E-state index contributed by atoms with van der Waals surface area (Å²) in [6, 6.07) is 5.65. The zero-order valence-electron chi connectivity index (χ0n) is 21.2. The van der Waals surface area contributed by atoms with Gasteiger partial charge in [-0.3, -0.25) is 9.69 Å². The Morgan fingerprint density at radius 2 is 1.69 bits per heavy atom. The molecule has 0 bridgehead atoms. The number of nitrogens with zero attached hydrogens (tertiary/aromatic N) is 1. The van der Waals surface area contributed by atoms with Crippen molar-refractivity contribution >= 4 is 11.9 Å². The lowest BCUT2D eigenvalue weighted by molar-refractivity contribution is -0.137. The van der Waals surface area contributed by atoms with E-state index in [2.05, 4.69) is 58.6 Å². The maximum Gasteiger partial charge on any atom is 0.335 e. The third-order valence-corrected chi connectivity index (χ3v) is 5.89. The Balaban J connectivity index is 3.44. The highest BCUT2D eigenvalue weighted by atomic mass is 16.5. The predicted octanol–water partition coefficient (Wildman–Crippen LogP) is 6.53. The summed E-state index contributed by atoms with van der Waals surface area (Å²) in [6.45, 7) is 17.6. The van der Waals surface area contributed by atoms with E-state index in [1.54, 1.807) is 26.0 Å². The van der Waals surface area contributed by atoms with E-state index >= 15 is 0 Å². The number of allylic oxidation sites excluding steroid dienone is 2. The van der Waals surface area contributed by atoms with Crippen molar-refractivity contribution in [2.24, 2.45) is 11.8 Å². The Hall–Kier alpha value is -2.14. The van der Waals surface area contributed by atoms with Crippen LogP contribution in [-0.2, 0) is 4.79 Å². The van der Waals surface area contributed by atoms with Gasteiger partial charge < -0.3 is 9.84 Å². The van der Waals surface area contributed by atoms with Gasteiger partial charge in [-0.25, -0.2) is 4.79 Å². The number of carbonyl (C=O) groups excluding carboxylic acids is 1. The molecule has 0 aliphatic carbocycles. The molecule has 0 aromatic heterocycles. The number of rotatable bonds is 13. The van der Waals surface area contributed by atoms with Gasteiger partial charge >= 0.3 is 11.9 Å². The number of esters is 1. The minimum Gasteiger partial charge on any atom is -0.478 e. The molecule has 180 valence electrons. The first-order chi connectivity index (χ1) is 15.0. The summed E-state index contributed by atoms with van der Waals surface area (Å²) in [7, 11) is 0. The number of hydrogen-bond donors (Lipinski definition) is 1. The van der Waals surface area contributed by atoms with E-state index in [-0.39, 0.29) is 29.3 Å². The molecular weight excluding hydrogens is 402 g/mol. The van der Waals surface area contributed by atoms with Crippen LogP contribution in [0.25, 0.3) is 0 Å². The predicted molar refractivity (Wildman–Crippen MR) is 131 cm³/mol. The molecule has 1 aromatic carbocycles. The van der Waals surface area contributed by atoms with Crippen LogP contribution in [0.2, 0.25) is 0 Å². The molecule has 0 saturated heterocycles. The molecule has 5 heteroatoms. The van der Waals surface area contributed by atoms with Gasteiger partial charge in [0.1, 0.15) is 5.75 Å². The maximum absolute atomic E-state index is 12.4. The lowest BCUT2D eigenvalue weighted by Crippen LogP contribution is -2.38. The van der Waals surface area contributed by atoms with Crippen LogP contribution in [0.15, 0.2) is 30.4 Å². The Labute approximate surface area is 194 Å². The van der Waals surface area contributed by atoms with Crippen LogP contribution < -0.4 is 4.74 Å². The van der Waals surface area contributed by atoms with Crippen LogP contribution in [0.3, 0.4) is 0 Å². The molecule has 0 aliphatic heterocycles. The van der Waals surface area contributed by atoms with Crippen molar-refractivity contribution in [2.45, 2.75) is 92.7 Å². The quantitative estimate of drug-likeness (QED) is 0.212. The Bertz CT molecular complexity index is 759. The zero-order chi connectivity index (χ0) is 24.4. The summed E-state index contributed by atoms with van der Waals surface area (Å²) in [4.78, 5) is 26.5. The second kappa shape index (κ2) is 13.4. The minimum absolute atomic E-state index is 0.0253. The standard InChI is InChI=1S/C27H43NO4/c1-9-10-11-12-21(8)23(15-16-28(19(4)5)20(6)7)24-17-22(26(29)30)13-14-25(24)32-27(31)18(2)3/h11-14,17-21,23H,9-10,15-16H2,1-8H3,(H,29,30). The third kappa shape index (κ3) is 8.42. The highest BCUT2D eigenvalue weighted by Gasteiger charge is 2.26. The Kier molecular flexibility index (Phi) is 11.7. The molecule has 0 heterocycles. The molecule has 2 unspecified atom stereocenters. The molecule has 1 aromatic rings. The number of carbonyl (C=O) groups is 2. The van der Waals surface area contributed by atoms with Crippen molar-refractivity contribution in [3.05, 3.63) is 41.5 Å². The van der Waals surface area contributed by atoms with Crippen LogP contribution >= 0.6 is 0 Å². The molecule has 5 nitrogen and oxygen atoms in total. The van der Waals surface area contributed by atoms with Crippen molar-refractivity contribution in [3.63, 3.8) is 0 Å². The monoisotopic (exact) mass is 445 g/mol. The van der Waals surface area contributed by atoms with Crippen LogP contribution in [0.4, 0.5) is 0 Å². The number of benzene rings is 1. The largest absolute Gasteiger partial charge is 0.478 e. The van der Waals surface area contributed by atoms with Gasteiger partial charge in [0, 0.05) is 12.1 Å². The molecule has 32 heavy (non-hydrogen) atoms. The number of aromatic carboxylic acids is 1. The second-order valence-corrected chi connectivity index (χ2v) is 9.53. The lowest BCUT2D eigenvalue weighted by atomic mass is 9.82. The van der Waals surface area contributed by atoms with Gasteiger partial charge in [0.15, 0.2) is 0 Å². The highest BCUT2D eigenvalue weighted by Crippen LogP contribution is 2.37. The van der Waals surface area contributed by atoms with E-state index < -0.39 is 5.97 Å². The fourth-order valence-electron chi connectivity index (χ4n) is 4.00. The van der Waals surface area contributed by atoms with Crippen molar-refractivity contribution in [2.75, 3.05) is 6.54 Å². The van der Waals surface area contributed by atoms with E-state index in [0.29, 0.717) is 17.8 Å². The minimum atomic E-state index is -0.980. The topological polar surface area (TPSA) is 66.8 Å². The van der Waals surface area contributed by atoms with E-state index in [1.165, 1.54) is 6.07 Å². The first-order valence-electron chi connectivity index (χ1n) is 12.0. The Morgan fingerprint density at radius 3 is 2.19 bits per heavy atom. The molecule has 0 fully saturated rings. The first-order valence-corrected chi connectivity index (χ1v) is 12.0. The summed E-state index contributed by atoms with van der Waals surface area (Å²) < 4.78 is 5.73. The van der Waals surface area contributed by atoms with Crippen molar-refractivity contribution < 1.29 is 19.4 Å². The van der Waals surface area contributed by atoms with Gasteiger partial charge in [-0.2, -0.15) is 0 Å². The first kappa shape index (κ1) is 27.9. The van der Waals surface area contributed by atoms with Crippen LogP contribution in [0, 0.1) is 11.8 Å². The molecular formula is C27H43NO4. The SMILES string of the molecule is CCCC=CC(C)C(CCN(C(C)C)C(C)C)c1cc(C(=O)O)ccc1OC(=O)C(C)C. The van der Waals surface area contributed by atoms with Gasteiger partial charge in [-0.15, -0.1) is 0 Å². The van der Waals surface area contributed by atoms with Gasteiger partial charge in [-0.1, -0.05) is 46.3 Å². The van der Waals surface area contributed by atoms with Crippen LogP contribution in [0.5, 0.6) is 5.75 Å². The summed E-state index contributed by atoms with van der Waals surface area (Å²) in [5.41, 5.74) is 1.00. The fourth-order valence-corrected chi connectivity index (χ4v) is 4.00. The summed E-state index contributed by atoms with van der Waals surface area (Å²) in [6.07, 6.45) is 7.33. The number of ether oxygens (including phenoxy) is 1. The third-order valence-electron chi connectivity index (χ3n) is 5.89. The second-order valence-electron chi connectivity index (χ2n) is 9.53. The molecule has 0 saturated carbocycles. The molecule has 1 rings (SSSR count). The average molecular weight is 446 g/mol. The molecule has 0 radical (unpaired) electrons. The molecule has 1 N–H and O–H groups in total. The fraction of sp³-hybridized carbons (Fsp3) is 0.630. The summed E-state index contributed by atoms with van der Waals surface area (Å²) in [5.74, 6) is -0.893. The van der Waals surface area contributed by atoms with Gasteiger partial charge in [0.05, 0.1) is 11.5 Å². The number of carboxylic acid groups (broad SMARTS) is 1. The van der Waals surface area contributed by atoms with Crippen molar-refractivity contribution in [3.8, 4) is 5.75 Å². The normalized spacial score (nSPS) is 14.0. The molecule has 2 atom stereocenters. The van der Waals surface area contributed by atoms with Gasteiger partial charge in [0.2, 0.25) is 0 Å². The van der Waals surface area contributed by atoms with E-state index in [1.807, 2.05) is 0 Å². The summed E-state index contributed by atoms with van der Waals surface area (Å²) in [5, 5.41) is 9.60. The highest BCUT2D eigenvalue weighted by molar-refractivity contribution is 5.88. The smallest absolute Gasteiger partial charge is 0.335 e. The van der Waals surface area contributed by atoms with Crippen LogP contribution in [0.1, 0.15) is 96.5 Å². The van der Waals surface area contributed by atoms with E-state index in [9.17, 15) is 14.7 Å².